The number of fused-ring (bicyclic) bond motifs is 1. The molecule has 7 N–H and O–H groups in total. The third kappa shape index (κ3) is 4.81. The number of nitrogen functional groups attached to an aromatic ring is 2. The molecular formula is C19H20N8O7S3. The van der Waals surface area contributed by atoms with Gasteiger partial charge in [0.15, 0.2) is 21.7 Å². The summed E-state index contributed by atoms with van der Waals surface area (Å²) in [6.45, 7) is 0. The molecule has 2 aromatic rings. The summed E-state index contributed by atoms with van der Waals surface area (Å²) < 4.78 is 1.39. The number of carboxylic acids is 2. The van der Waals surface area contributed by atoms with Crippen molar-refractivity contribution >= 4 is 75.3 Å². The van der Waals surface area contributed by atoms with Crippen molar-refractivity contribution in [1.29, 1.82) is 0 Å². The van der Waals surface area contributed by atoms with E-state index in [4.69, 9.17) is 16.3 Å². The topological polar surface area (TPSA) is 228 Å². The summed E-state index contributed by atoms with van der Waals surface area (Å²) in [7, 11) is 2.80. The second-order valence-electron chi connectivity index (χ2n) is 7.59. The van der Waals surface area contributed by atoms with Gasteiger partial charge in [0.1, 0.15) is 35.7 Å². The Balaban J connectivity index is 1.50. The van der Waals surface area contributed by atoms with Gasteiger partial charge in [-0.1, -0.05) is 16.9 Å². The first kappa shape index (κ1) is 26.3. The van der Waals surface area contributed by atoms with Crippen molar-refractivity contribution in [3.63, 3.8) is 0 Å². The summed E-state index contributed by atoms with van der Waals surface area (Å²) >= 11 is 3.48. The maximum absolute atomic E-state index is 13.0. The number of hydrogen-bond donors (Lipinski definition) is 5. The number of nitrogens with two attached hydrogens (primary N) is 2. The van der Waals surface area contributed by atoms with E-state index < -0.39 is 35.2 Å². The second-order valence-corrected chi connectivity index (χ2v) is 10.5. The van der Waals surface area contributed by atoms with Gasteiger partial charge in [0, 0.05) is 23.9 Å². The van der Waals surface area contributed by atoms with Gasteiger partial charge in [0.25, 0.3) is 11.8 Å². The van der Waals surface area contributed by atoms with E-state index in [1.807, 2.05) is 0 Å². The van der Waals surface area contributed by atoms with Gasteiger partial charge in [0.2, 0.25) is 0 Å². The van der Waals surface area contributed by atoms with E-state index in [0.29, 0.717) is 5.57 Å². The van der Waals surface area contributed by atoms with Gasteiger partial charge in [-0.2, -0.15) is 0 Å². The van der Waals surface area contributed by atoms with Gasteiger partial charge in [-0.3, -0.25) is 14.5 Å². The monoisotopic (exact) mass is 568 g/mol. The fourth-order valence-corrected chi connectivity index (χ4v) is 6.64. The Morgan fingerprint density at radius 1 is 1.30 bits per heavy atom. The maximum Gasteiger partial charge on any atom is 0.358 e. The number of carbonyl (C=O) groups excluding carboxylic acids is 2. The standard InChI is InChI=1S/C19H20N8O7S3/c1-26-12(20)9(16(30)31)24-19(26)37-4-6-3-35-15-10(14(29)27(15)11(6)17(32)33)23-13(28)8(25-34-2)7-5-36-18(21)22-7/h5,10,15H,3-4,20H2,1-2H3,(H2,21,22)(H,23,28)(H,30,31)(H,32,33)/t10-,15+/m1/s1. The Morgan fingerprint density at radius 2 is 2.03 bits per heavy atom. The number of thiazole rings is 1. The minimum atomic E-state index is -1.30. The molecule has 1 fully saturated rings. The van der Waals surface area contributed by atoms with Crippen molar-refractivity contribution in [2.75, 3.05) is 30.1 Å². The minimum Gasteiger partial charge on any atom is -0.477 e. The molecule has 0 radical (unpaired) electrons. The van der Waals surface area contributed by atoms with Gasteiger partial charge in [-0.05, 0) is 5.57 Å². The highest BCUT2D eigenvalue weighted by Crippen LogP contribution is 2.41. The SMILES string of the molecule is CON=C(C(=O)N[C@@H]1C(=O)N2C(C(=O)O)=C(CSc3nc(C(=O)O)c(N)n3C)CS[C@@H]12)c1csc(N)n1. The molecule has 0 bridgehead atoms. The summed E-state index contributed by atoms with van der Waals surface area (Å²) in [6, 6.07) is -0.994. The second kappa shape index (κ2) is 10.3. The number of carbonyl (C=O) groups is 4. The molecule has 0 spiro atoms. The number of β-lactam (4-membered cyclic amide) rings is 1. The van der Waals surface area contributed by atoms with E-state index in [1.165, 1.54) is 28.8 Å². The van der Waals surface area contributed by atoms with Crippen LogP contribution in [-0.2, 0) is 26.3 Å². The number of thioether (sulfide) groups is 2. The number of aromatic nitrogens is 3. The van der Waals surface area contributed by atoms with Crippen LogP contribution in [0.15, 0.2) is 27.0 Å². The molecule has 0 aliphatic carbocycles. The van der Waals surface area contributed by atoms with Gasteiger partial charge in [-0.25, -0.2) is 19.6 Å². The number of aliphatic carboxylic acids is 1. The zero-order valence-corrected chi connectivity index (χ0v) is 21.6. The number of hydrogen-bond acceptors (Lipinski definition) is 13. The van der Waals surface area contributed by atoms with E-state index >= 15 is 0 Å². The molecule has 2 atom stereocenters. The zero-order chi connectivity index (χ0) is 27.0. The molecular weight excluding hydrogens is 548 g/mol. The van der Waals surface area contributed by atoms with E-state index in [9.17, 15) is 29.4 Å². The van der Waals surface area contributed by atoms with Gasteiger partial charge in [-0.15, -0.1) is 23.1 Å². The highest BCUT2D eigenvalue weighted by molar-refractivity contribution is 8.01. The van der Waals surface area contributed by atoms with E-state index in [-0.39, 0.29) is 50.4 Å². The fourth-order valence-electron chi connectivity index (χ4n) is 3.62. The predicted molar refractivity (Wildman–Crippen MR) is 135 cm³/mol. The van der Waals surface area contributed by atoms with Crippen molar-refractivity contribution in [2.24, 2.45) is 12.2 Å². The van der Waals surface area contributed by atoms with Crippen LogP contribution in [0.5, 0.6) is 0 Å². The molecule has 1 saturated heterocycles. The number of aromatic carboxylic acids is 1. The lowest BCUT2D eigenvalue weighted by Gasteiger charge is -2.49. The van der Waals surface area contributed by atoms with Crippen molar-refractivity contribution < 1.29 is 34.2 Å². The molecule has 37 heavy (non-hydrogen) atoms. The van der Waals surface area contributed by atoms with E-state index in [1.54, 1.807) is 7.05 Å². The number of amides is 2. The Kier molecular flexibility index (Phi) is 7.32. The number of imidazole rings is 1. The molecule has 2 aliphatic rings. The van der Waals surface area contributed by atoms with Crippen molar-refractivity contribution in [2.45, 2.75) is 16.6 Å². The van der Waals surface area contributed by atoms with E-state index in [2.05, 4.69) is 20.4 Å². The Labute approximate surface area is 220 Å². The molecule has 0 saturated carbocycles. The average molecular weight is 569 g/mol. The van der Waals surface area contributed by atoms with Crippen LogP contribution in [0.4, 0.5) is 10.9 Å². The molecule has 18 heteroatoms. The summed E-state index contributed by atoms with van der Waals surface area (Å²) in [6.07, 6.45) is 0. The first-order chi connectivity index (χ1) is 17.5. The van der Waals surface area contributed by atoms with Crippen molar-refractivity contribution in [1.82, 2.24) is 24.8 Å². The van der Waals surface area contributed by atoms with E-state index in [0.717, 1.165) is 28.0 Å². The normalized spacial score (nSPS) is 19.4. The van der Waals surface area contributed by atoms with Crippen molar-refractivity contribution in [3.05, 3.63) is 28.0 Å². The number of anilines is 2. The molecule has 15 nitrogen and oxygen atoms in total. The van der Waals surface area contributed by atoms with Gasteiger partial charge in [0.05, 0.1) is 0 Å². The zero-order valence-electron chi connectivity index (χ0n) is 19.2. The van der Waals surface area contributed by atoms with Gasteiger partial charge < -0.3 is 36.4 Å². The van der Waals surface area contributed by atoms with Crippen LogP contribution in [0.3, 0.4) is 0 Å². The average Bonchev–Trinajstić information content (AvgIpc) is 3.41. The number of carboxylic acid groups (broad SMARTS) is 2. The van der Waals surface area contributed by atoms with Crippen LogP contribution in [0.25, 0.3) is 0 Å². The molecule has 2 amide bonds. The van der Waals surface area contributed by atoms with Crippen LogP contribution < -0.4 is 16.8 Å². The maximum atomic E-state index is 13.0. The molecule has 4 rings (SSSR count). The summed E-state index contributed by atoms with van der Waals surface area (Å²) in [5, 5.41) is 26.7. The first-order valence-electron chi connectivity index (χ1n) is 10.3. The highest BCUT2D eigenvalue weighted by Gasteiger charge is 2.54. The number of nitrogens with one attached hydrogen (secondary N) is 1. The number of rotatable bonds is 9. The molecule has 0 aromatic carbocycles. The van der Waals surface area contributed by atoms with Crippen LogP contribution in [0.2, 0.25) is 0 Å². The highest BCUT2D eigenvalue weighted by atomic mass is 32.2. The molecule has 4 heterocycles. The van der Waals surface area contributed by atoms with Crippen LogP contribution in [0.1, 0.15) is 16.2 Å². The molecule has 0 unspecified atom stereocenters. The molecule has 196 valence electrons. The molecule has 2 aromatic heterocycles. The third-order valence-corrected chi connectivity index (χ3v) is 8.50. The Bertz CT molecular complexity index is 1370. The van der Waals surface area contributed by atoms with Crippen LogP contribution in [0, 0.1) is 0 Å². The minimum absolute atomic E-state index is 0.0336. The lowest BCUT2D eigenvalue weighted by molar-refractivity contribution is -0.150. The Morgan fingerprint density at radius 3 is 2.59 bits per heavy atom. The smallest absolute Gasteiger partial charge is 0.358 e. The predicted octanol–water partition coefficient (Wildman–Crippen LogP) is -0.379. The quantitative estimate of drug-likeness (QED) is 0.113. The Hall–Kier alpha value is -3.77. The summed E-state index contributed by atoms with van der Waals surface area (Å²) in [5.41, 5.74) is 11.3. The number of nitrogens with zero attached hydrogens (tertiary/aromatic N) is 5. The largest absolute Gasteiger partial charge is 0.477 e. The van der Waals surface area contributed by atoms with Crippen molar-refractivity contribution in [3.8, 4) is 0 Å². The summed E-state index contributed by atoms with van der Waals surface area (Å²) in [5.74, 6) is -3.57. The number of oxime groups is 1. The lowest BCUT2D eigenvalue weighted by atomic mass is 10.0. The van der Waals surface area contributed by atoms with Crippen LogP contribution in [-0.4, -0.2) is 89.1 Å². The first-order valence-corrected chi connectivity index (χ1v) is 13.2. The fraction of sp³-hybridized carbons (Fsp3) is 0.316. The van der Waals surface area contributed by atoms with Crippen LogP contribution >= 0.6 is 34.9 Å². The van der Waals surface area contributed by atoms with Gasteiger partial charge >= 0.3 is 11.9 Å². The lowest BCUT2D eigenvalue weighted by Crippen LogP contribution is -2.71. The third-order valence-electron chi connectivity index (χ3n) is 5.38. The molecule has 2 aliphatic heterocycles. The summed E-state index contributed by atoms with van der Waals surface area (Å²) in [4.78, 5) is 63.0.